The van der Waals surface area contributed by atoms with Crippen LogP contribution in [0.15, 0.2) is 59.5 Å². The largest absolute Gasteiger partial charge is 0.345 e. The minimum Gasteiger partial charge on any atom is -0.345 e. The molecule has 1 aliphatic heterocycles. The van der Waals surface area contributed by atoms with Crippen molar-refractivity contribution in [1.29, 1.82) is 0 Å². The molecule has 0 aliphatic carbocycles. The topological polar surface area (TPSA) is 70.6 Å². The van der Waals surface area contributed by atoms with E-state index in [1.807, 2.05) is 47.4 Å². The van der Waals surface area contributed by atoms with Crippen LogP contribution in [0.5, 0.6) is 0 Å². The van der Waals surface area contributed by atoms with Gasteiger partial charge in [-0.2, -0.15) is 0 Å². The zero-order chi connectivity index (χ0) is 20.4. The Morgan fingerprint density at radius 3 is 2.45 bits per heavy atom. The van der Waals surface area contributed by atoms with E-state index in [9.17, 15) is 13.2 Å². The highest BCUT2D eigenvalue weighted by Crippen LogP contribution is 2.33. The van der Waals surface area contributed by atoms with Crippen molar-refractivity contribution >= 4 is 48.5 Å². The fourth-order valence-electron chi connectivity index (χ4n) is 3.30. The summed E-state index contributed by atoms with van der Waals surface area (Å²) in [4.78, 5) is 21.2. The monoisotopic (exact) mass is 427 g/mol. The van der Waals surface area contributed by atoms with E-state index in [1.54, 1.807) is 18.2 Å². The fourth-order valence-corrected chi connectivity index (χ4v) is 5.24. The van der Waals surface area contributed by atoms with Gasteiger partial charge in [-0.05, 0) is 23.8 Å². The van der Waals surface area contributed by atoms with Crippen LogP contribution < -0.4 is 4.90 Å². The van der Waals surface area contributed by atoms with Gasteiger partial charge in [0.1, 0.15) is 5.52 Å². The molecule has 0 unspecified atom stereocenters. The summed E-state index contributed by atoms with van der Waals surface area (Å²) in [5.74, 6) is -0.00262. The number of para-hydroxylation sites is 1. The van der Waals surface area contributed by atoms with Gasteiger partial charge in [0, 0.05) is 38.5 Å². The number of fused-ring (bicyclic) bond motifs is 1. The zero-order valence-corrected chi connectivity index (χ0v) is 17.6. The van der Waals surface area contributed by atoms with E-state index < -0.39 is 9.84 Å². The standard InChI is InChI=1S/C21H21N3O3S2/c1-29(26,27)18-9-5-8-17-20(18)22-21(28-17)24-14-12-23(13-15-24)19(25)11-10-16-6-3-2-4-7-16/h2-11H,12-15H2,1H3. The molecule has 1 amide bonds. The normalized spacial score (nSPS) is 15.3. The molecule has 29 heavy (non-hydrogen) atoms. The van der Waals surface area contributed by atoms with E-state index in [0.717, 1.165) is 15.4 Å². The molecule has 4 rings (SSSR count). The molecule has 2 heterocycles. The van der Waals surface area contributed by atoms with Crippen LogP contribution in [-0.4, -0.2) is 56.6 Å². The number of nitrogens with zero attached hydrogens (tertiary/aromatic N) is 3. The Labute approximate surface area is 174 Å². The first kappa shape index (κ1) is 19.6. The maximum atomic E-state index is 12.5. The second kappa shape index (κ2) is 7.96. The highest BCUT2D eigenvalue weighted by molar-refractivity contribution is 7.91. The van der Waals surface area contributed by atoms with E-state index in [1.165, 1.54) is 17.6 Å². The average molecular weight is 428 g/mol. The number of anilines is 1. The molecular formula is C21H21N3O3S2. The van der Waals surface area contributed by atoms with Gasteiger partial charge in [-0.3, -0.25) is 4.79 Å². The number of rotatable bonds is 4. The summed E-state index contributed by atoms with van der Waals surface area (Å²) in [5.41, 5.74) is 1.52. The number of carbonyl (C=O) groups is 1. The first-order valence-corrected chi connectivity index (χ1v) is 12.0. The SMILES string of the molecule is CS(=O)(=O)c1cccc2sc(N3CCN(C(=O)C=Cc4ccccc4)CC3)nc12. The van der Waals surface area contributed by atoms with Gasteiger partial charge in [0.25, 0.3) is 0 Å². The Morgan fingerprint density at radius 2 is 1.76 bits per heavy atom. The highest BCUT2D eigenvalue weighted by atomic mass is 32.2. The summed E-state index contributed by atoms with van der Waals surface area (Å²) in [7, 11) is -3.33. The summed E-state index contributed by atoms with van der Waals surface area (Å²) in [6, 6.07) is 15.0. The highest BCUT2D eigenvalue weighted by Gasteiger charge is 2.23. The van der Waals surface area contributed by atoms with Crippen molar-refractivity contribution in [3.8, 4) is 0 Å². The lowest BCUT2D eigenvalue weighted by Crippen LogP contribution is -2.48. The van der Waals surface area contributed by atoms with E-state index in [-0.39, 0.29) is 10.8 Å². The molecule has 6 nitrogen and oxygen atoms in total. The number of amides is 1. The van der Waals surface area contributed by atoms with Crippen LogP contribution in [0.4, 0.5) is 5.13 Å². The summed E-state index contributed by atoms with van der Waals surface area (Å²) in [6.07, 6.45) is 4.64. The van der Waals surface area contributed by atoms with Crippen molar-refractivity contribution in [3.05, 3.63) is 60.2 Å². The molecule has 0 saturated carbocycles. The molecule has 1 aromatic heterocycles. The molecule has 0 N–H and O–H groups in total. The lowest BCUT2D eigenvalue weighted by molar-refractivity contribution is -0.126. The van der Waals surface area contributed by atoms with Crippen LogP contribution in [0, 0.1) is 0 Å². The van der Waals surface area contributed by atoms with Gasteiger partial charge in [-0.15, -0.1) is 0 Å². The predicted molar refractivity (Wildman–Crippen MR) is 117 cm³/mol. The van der Waals surface area contributed by atoms with Gasteiger partial charge >= 0.3 is 0 Å². The third kappa shape index (κ3) is 4.33. The Bertz CT molecular complexity index is 1160. The zero-order valence-electron chi connectivity index (χ0n) is 16.0. The summed E-state index contributed by atoms with van der Waals surface area (Å²) >= 11 is 1.48. The first-order valence-electron chi connectivity index (χ1n) is 9.28. The van der Waals surface area contributed by atoms with Crippen LogP contribution in [0.2, 0.25) is 0 Å². The van der Waals surface area contributed by atoms with E-state index in [2.05, 4.69) is 9.88 Å². The van der Waals surface area contributed by atoms with Crippen molar-refractivity contribution < 1.29 is 13.2 Å². The molecule has 0 radical (unpaired) electrons. The van der Waals surface area contributed by atoms with Gasteiger partial charge in [0.05, 0.1) is 9.60 Å². The van der Waals surface area contributed by atoms with Crippen molar-refractivity contribution in [3.63, 3.8) is 0 Å². The fraction of sp³-hybridized carbons (Fsp3) is 0.238. The molecule has 1 saturated heterocycles. The number of hydrogen-bond donors (Lipinski definition) is 0. The smallest absolute Gasteiger partial charge is 0.246 e. The minimum atomic E-state index is -3.33. The Morgan fingerprint density at radius 1 is 1.03 bits per heavy atom. The van der Waals surface area contributed by atoms with Gasteiger partial charge in [-0.1, -0.05) is 47.7 Å². The minimum absolute atomic E-state index is 0.00262. The van der Waals surface area contributed by atoms with Crippen LogP contribution in [0.3, 0.4) is 0 Å². The number of carbonyl (C=O) groups excluding carboxylic acids is 1. The van der Waals surface area contributed by atoms with Gasteiger partial charge in [0.15, 0.2) is 15.0 Å². The average Bonchev–Trinajstić information content (AvgIpc) is 3.16. The van der Waals surface area contributed by atoms with Crippen LogP contribution >= 0.6 is 11.3 Å². The number of sulfone groups is 1. The lowest BCUT2D eigenvalue weighted by Gasteiger charge is -2.34. The molecule has 2 aromatic carbocycles. The van der Waals surface area contributed by atoms with Crippen molar-refractivity contribution in [2.24, 2.45) is 0 Å². The number of piperazine rings is 1. The van der Waals surface area contributed by atoms with E-state index in [4.69, 9.17) is 0 Å². The second-order valence-electron chi connectivity index (χ2n) is 6.93. The number of aromatic nitrogens is 1. The van der Waals surface area contributed by atoms with E-state index >= 15 is 0 Å². The molecule has 1 fully saturated rings. The van der Waals surface area contributed by atoms with Gasteiger partial charge < -0.3 is 9.80 Å². The third-order valence-corrected chi connectivity index (χ3v) is 7.06. The molecule has 1 aliphatic rings. The molecule has 150 valence electrons. The second-order valence-corrected chi connectivity index (χ2v) is 9.92. The Hall–Kier alpha value is -2.71. The molecule has 0 spiro atoms. The van der Waals surface area contributed by atoms with Crippen LogP contribution in [-0.2, 0) is 14.6 Å². The third-order valence-electron chi connectivity index (χ3n) is 4.85. The number of thiazole rings is 1. The van der Waals surface area contributed by atoms with Crippen molar-refractivity contribution in [2.45, 2.75) is 4.90 Å². The molecule has 0 atom stereocenters. The Kier molecular flexibility index (Phi) is 5.38. The molecular weight excluding hydrogens is 406 g/mol. The summed E-state index contributed by atoms with van der Waals surface area (Å²) in [5, 5.41) is 0.794. The van der Waals surface area contributed by atoms with Crippen LogP contribution in [0.25, 0.3) is 16.3 Å². The lowest BCUT2D eigenvalue weighted by atomic mass is 10.2. The maximum absolute atomic E-state index is 12.5. The van der Waals surface area contributed by atoms with Gasteiger partial charge in [0.2, 0.25) is 5.91 Å². The maximum Gasteiger partial charge on any atom is 0.246 e. The molecule has 8 heteroatoms. The predicted octanol–water partition coefficient (Wildman–Crippen LogP) is 3.06. The van der Waals surface area contributed by atoms with E-state index in [0.29, 0.717) is 31.7 Å². The van der Waals surface area contributed by atoms with Crippen molar-refractivity contribution in [1.82, 2.24) is 9.88 Å². The summed E-state index contributed by atoms with van der Waals surface area (Å²) < 4.78 is 24.9. The molecule has 3 aromatic rings. The quantitative estimate of drug-likeness (QED) is 0.599. The first-order chi connectivity index (χ1) is 13.9. The van der Waals surface area contributed by atoms with Crippen molar-refractivity contribution in [2.75, 3.05) is 37.3 Å². The number of benzene rings is 2. The van der Waals surface area contributed by atoms with Crippen LogP contribution in [0.1, 0.15) is 5.56 Å². The Balaban J connectivity index is 1.45. The number of hydrogen-bond acceptors (Lipinski definition) is 6. The molecule has 0 bridgehead atoms. The summed E-state index contributed by atoms with van der Waals surface area (Å²) in [6.45, 7) is 2.54. The van der Waals surface area contributed by atoms with Gasteiger partial charge in [-0.25, -0.2) is 13.4 Å².